The minimum Gasteiger partial charge on any atom is -0.481 e. The fraction of sp³-hybridized carbons (Fsp3) is 0.500. The zero-order valence-corrected chi connectivity index (χ0v) is 9.58. The number of hydrogen-bond donors (Lipinski definition) is 1. The minimum atomic E-state index is -4.16. The molecule has 90 valence electrons. The molecule has 0 saturated carbocycles. The van der Waals surface area contributed by atoms with E-state index < -0.39 is 18.6 Å². The van der Waals surface area contributed by atoms with Crippen LogP contribution in [0.4, 0.5) is 13.2 Å². The van der Waals surface area contributed by atoms with Crippen molar-refractivity contribution in [3.63, 3.8) is 0 Å². The number of carbonyl (C=O) groups is 1. The van der Waals surface area contributed by atoms with Crippen LogP contribution < -0.4 is 0 Å². The van der Waals surface area contributed by atoms with Gasteiger partial charge < -0.3 is 5.11 Å². The van der Waals surface area contributed by atoms with E-state index in [1.807, 2.05) is 0 Å². The number of thiazole rings is 1. The molecule has 0 aromatic carbocycles. The van der Waals surface area contributed by atoms with Crippen molar-refractivity contribution >= 4 is 29.1 Å². The Morgan fingerprint density at radius 2 is 2.25 bits per heavy atom. The lowest BCUT2D eigenvalue weighted by Gasteiger charge is -2.03. The Morgan fingerprint density at radius 1 is 1.56 bits per heavy atom. The molecule has 0 saturated heterocycles. The first kappa shape index (κ1) is 13.3. The van der Waals surface area contributed by atoms with E-state index in [1.54, 1.807) is 5.38 Å². The van der Waals surface area contributed by atoms with E-state index in [9.17, 15) is 18.0 Å². The van der Waals surface area contributed by atoms with Crippen LogP contribution in [0, 0.1) is 0 Å². The summed E-state index contributed by atoms with van der Waals surface area (Å²) in [6.07, 6.45) is -5.23. The van der Waals surface area contributed by atoms with Crippen molar-refractivity contribution in [1.82, 2.24) is 4.98 Å². The van der Waals surface area contributed by atoms with Crippen LogP contribution in [0.3, 0.4) is 0 Å². The number of carboxylic acid groups (broad SMARTS) is 1. The summed E-state index contributed by atoms with van der Waals surface area (Å²) in [5.41, 5.74) is 0.381. The highest BCUT2D eigenvalue weighted by Gasteiger charge is 2.26. The zero-order valence-electron chi connectivity index (χ0n) is 7.95. The van der Waals surface area contributed by atoms with Gasteiger partial charge in [-0.15, -0.1) is 11.3 Å². The molecule has 0 fully saturated rings. The third kappa shape index (κ3) is 5.36. The van der Waals surface area contributed by atoms with Gasteiger partial charge in [-0.2, -0.15) is 13.2 Å². The monoisotopic (exact) mass is 271 g/mol. The van der Waals surface area contributed by atoms with E-state index in [0.29, 0.717) is 10.0 Å². The van der Waals surface area contributed by atoms with Gasteiger partial charge in [-0.05, 0) is 0 Å². The molecule has 8 heteroatoms. The number of hydrogen-bond acceptors (Lipinski definition) is 4. The summed E-state index contributed by atoms with van der Waals surface area (Å²) < 4.78 is 36.0. The molecule has 0 atom stereocenters. The van der Waals surface area contributed by atoms with Gasteiger partial charge in [0.2, 0.25) is 0 Å². The average Bonchev–Trinajstić information content (AvgIpc) is 2.49. The number of nitrogens with zero attached hydrogens (tertiary/aromatic N) is 1. The molecule has 0 unspecified atom stereocenters. The molecule has 16 heavy (non-hydrogen) atoms. The predicted octanol–water partition coefficient (Wildman–Crippen LogP) is 2.81. The van der Waals surface area contributed by atoms with Gasteiger partial charge in [-0.25, -0.2) is 4.98 Å². The molecule has 1 N–H and O–H groups in total. The lowest BCUT2D eigenvalue weighted by Crippen LogP contribution is -2.07. The summed E-state index contributed by atoms with van der Waals surface area (Å²) in [6, 6.07) is 0. The smallest absolute Gasteiger partial charge is 0.389 e. The summed E-state index contributed by atoms with van der Waals surface area (Å²) in [5.74, 6) is -1.10. The molecule has 1 aromatic heterocycles. The second-order valence-corrected chi connectivity index (χ2v) is 5.09. The van der Waals surface area contributed by atoms with Crippen molar-refractivity contribution in [2.45, 2.75) is 23.4 Å². The van der Waals surface area contributed by atoms with Gasteiger partial charge in [0, 0.05) is 11.1 Å². The van der Waals surface area contributed by atoms with Crippen LogP contribution in [-0.2, 0) is 11.2 Å². The standard InChI is InChI=1S/C8H8F3NO2S2/c9-8(10,11)1-2-15-7-12-5(4-16-7)3-6(13)14/h4H,1-3H2,(H,13,14). The number of halogens is 3. The maximum atomic E-state index is 11.8. The van der Waals surface area contributed by atoms with Crippen molar-refractivity contribution < 1.29 is 23.1 Å². The number of aliphatic carboxylic acids is 1. The Balaban J connectivity index is 2.38. The Kier molecular flexibility index (Phi) is 4.60. The number of carboxylic acids is 1. The molecule has 0 aliphatic rings. The van der Waals surface area contributed by atoms with Gasteiger partial charge >= 0.3 is 12.1 Å². The Morgan fingerprint density at radius 3 is 2.81 bits per heavy atom. The summed E-state index contributed by atoms with van der Waals surface area (Å²) in [6.45, 7) is 0. The molecular weight excluding hydrogens is 263 g/mol. The Hall–Kier alpha value is -0.760. The van der Waals surface area contributed by atoms with E-state index in [1.165, 1.54) is 0 Å². The third-order valence-corrected chi connectivity index (χ3v) is 3.55. The molecule has 0 amide bonds. The van der Waals surface area contributed by atoms with E-state index in [-0.39, 0.29) is 12.2 Å². The first-order valence-electron chi connectivity index (χ1n) is 4.22. The van der Waals surface area contributed by atoms with Crippen LogP contribution >= 0.6 is 23.1 Å². The van der Waals surface area contributed by atoms with Gasteiger partial charge in [0.05, 0.1) is 18.5 Å². The van der Waals surface area contributed by atoms with Gasteiger partial charge in [0.15, 0.2) is 0 Å². The number of alkyl halides is 3. The van der Waals surface area contributed by atoms with Crippen LogP contribution in [0.25, 0.3) is 0 Å². The lowest BCUT2D eigenvalue weighted by molar-refractivity contribution is -0.136. The van der Waals surface area contributed by atoms with Gasteiger partial charge in [-0.3, -0.25) is 4.79 Å². The first-order valence-corrected chi connectivity index (χ1v) is 6.09. The van der Waals surface area contributed by atoms with Gasteiger partial charge in [-0.1, -0.05) is 11.8 Å². The summed E-state index contributed by atoms with van der Waals surface area (Å²) >= 11 is 2.15. The SMILES string of the molecule is O=C(O)Cc1csc(SCCC(F)(F)F)n1. The van der Waals surface area contributed by atoms with E-state index >= 15 is 0 Å². The third-order valence-electron chi connectivity index (χ3n) is 1.47. The van der Waals surface area contributed by atoms with Crippen molar-refractivity contribution in [3.05, 3.63) is 11.1 Å². The first-order chi connectivity index (χ1) is 7.37. The molecule has 0 aliphatic heterocycles. The van der Waals surface area contributed by atoms with Crippen molar-refractivity contribution in [1.29, 1.82) is 0 Å². The van der Waals surface area contributed by atoms with E-state index in [2.05, 4.69) is 4.98 Å². The molecule has 1 heterocycles. The van der Waals surface area contributed by atoms with Crippen LogP contribution in [0.15, 0.2) is 9.72 Å². The largest absolute Gasteiger partial charge is 0.481 e. The van der Waals surface area contributed by atoms with Crippen LogP contribution in [0.5, 0.6) is 0 Å². The summed E-state index contributed by atoms with van der Waals surface area (Å²) in [4.78, 5) is 14.2. The van der Waals surface area contributed by atoms with Crippen molar-refractivity contribution in [3.8, 4) is 0 Å². The topological polar surface area (TPSA) is 50.2 Å². The van der Waals surface area contributed by atoms with E-state index in [0.717, 1.165) is 23.1 Å². The number of aromatic nitrogens is 1. The molecule has 1 aromatic rings. The molecule has 1 rings (SSSR count). The second-order valence-electron chi connectivity index (χ2n) is 2.89. The lowest BCUT2D eigenvalue weighted by atomic mass is 10.3. The molecule has 0 bridgehead atoms. The molecule has 3 nitrogen and oxygen atoms in total. The molecular formula is C8H8F3NO2S2. The highest BCUT2D eigenvalue weighted by molar-refractivity contribution is 8.01. The molecule has 0 aliphatic carbocycles. The zero-order chi connectivity index (χ0) is 12.2. The normalized spacial score (nSPS) is 11.7. The van der Waals surface area contributed by atoms with Crippen LogP contribution in [-0.4, -0.2) is 28.0 Å². The average molecular weight is 271 g/mol. The molecule has 0 spiro atoms. The maximum Gasteiger partial charge on any atom is 0.389 e. The van der Waals surface area contributed by atoms with Crippen molar-refractivity contribution in [2.75, 3.05) is 5.75 Å². The summed E-state index contributed by atoms with van der Waals surface area (Å²) in [5, 5.41) is 10.0. The Bertz CT molecular complexity index is 364. The van der Waals surface area contributed by atoms with E-state index in [4.69, 9.17) is 5.11 Å². The number of rotatable bonds is 5. The van der Waals surface area contributed by atoms with Crippen LogP contribution in [0.2, 0.25) is 0 Å². The molecule has 0 radical (unpaired) electrons. The highest BCUT2D eigenvalue weighted by atomic mass is 32.2. The fourth-order valence-electron chi connectivity index (χ4n) is 0.845. The fourth-order valence-corrected chi connectivity index (χ4v) is 2.74. The van der Waals surface area contributed by atoms with Gasteiger partial charge in [0.25, 0.3) is 0 Å². The minimum absolute atomic E-state index is 0.0937. The predicted molar refractivity (Wildman–Crippen MR) is 54.8 cm³/mol. The maximum absolute atomic E-state index is 11.8. The van der Waals surface area contributed by atoms with Crippen LogP contribution in [0.1, 0.15) is 12.1 Å². The quantitative estimate of drug-likeness (QED) is 0.837. The summed E-state index contributed by atoms with van der Waals surface area (Å²) in [7, 11) is 0. The highest BCUT2D eigenvalue weighted by Crippen LogP contribution is 2.28. The van der Waals surface area contributed by atoms with Crippen molar-refractivity contribution in [2.24, 2.45) is 0 Å². The Labute approximate surface area is 97.7 Å². The number of thioether (sulfide) groups is 1. The van der Waals surface area contributed by atoms with Gasteiger partial charge in [0.1, 0.15) is 4.34 Å². The second kappa shape index (κ2) is 5.53.